The van der Waals surface area contributed by atoms with E-state index in [9.17, 15) is 8.42 Å². The molecular weight excluding hydrogens is 256 g/mol. The van der Waals surface area contributed by atoms with Crippen LogP contribution in [0.15, 0.2) is 5.16 Å². The first-order valence-corrected chi connectivity index (χ1v) is 7.63. The number of hydrogen-bond acceptors (Lipinski definition) is 5. The van der Waals surface area contributed by atoms with Crippen LogP contribution < -0.4 is 5.14 Å². The van der Waals surface area contributed by atoms with E-state index in [1.807, 2.05) is 6.92 Å². The van der Waals surface area contributed by atoms with Crippen molar-refractivity contribution in [2.24, 2.45) is 5.14 Å². The van der Waals surface area contributed by atoms with Gasteiger partial charge in [0.1, 0.15) is 5.82 Å². The molecule has 1 aromatic heterocycles. The molecule has 1 aliphatic carbocycles. The summed E-state index contributed by atoms with van der Waals surface area (Å²) >= 11 is 0. The quantitative estimate of drug-likeness (QED) is 0.717. The molecule has 0 bridgehead atoms. The summed E-state index contributed by atoms with van der Waals surface area (Å²) in [4.78, 5) is 0. The Morgan fingerprint density at radius 2 is 2.17 bits per heavy atom. The number of sulfonamides is 1. The van der Waals surface area contributed by atoms with E-state index < -0.39 is 10.0 Å². The number of rotatable bonds is 7. The van der Waals surface area contributed by atoms with Crippen LogP contribution in [-0.2, 0) is 21.2 Å². The van der Waals surface area contributed by atoms with Crippen molar-refractivity contribution < 1.29 is 13.2 Å². The van der Waals surface area contributed by atoms with E-state index in [4.69, 9.17) is 9.88 Å². The minimum atomic E-state index is -3.79. The minimum absolute atomic E-state index is 0.114. The maximum absolute atomic E-state index is 11.4. The fourth-order valence-corrected chi connectivity index (χ4v) is 2.53. The Bertz CT molecular complexity index is 507. The SMILES string of the molecule is CCOCCCc1nnc(S(N)(=O)=O)n1C1CC1. The summed E-state index contributed by atoms with van der Waals surface area (Å²) in [7, 11) is -3.79. The zero-order valence-corrected chi connectivity index (χ0v) is 11.2. The molecule has 0 amide bonds. The van der Waals surface area contributed by atoms with Gasteiger partial charge >= 0.3 is 0 Å². The van der Waals surface area contributed by atoms with Crippen molar-refractivity contribution in [3.8, 4) is 0 Å². The third-order valence-electron chi connectivity index (χ3n) is 2.79. The summed E-state index contributed by atoms with van der Waals surface area (Å²) in [5.41, 5.74) is 0. The molecule has 2 rings (SSSR count). The second-order valence-corrected chi connectivity index (χ2v) is 5.80. The smallest absolute Gasteiger partial charge is 0.273 e. The summed E-state index contributed by atoms with van der Waals surface area (Å²) in [5, 5.41) is 12.7. The van der Waals surface area contributed by atoms with Crippen LogP contribution in [0.2, 0.25) is 0 Å². The molecule has 0 saturated heterocycles. The Kier molecular flexibility index (Phi) is 3.98. The monoisotopic (exact) mass is 274 g/mol. The highest BCUT2D eigenvalue weighted by atomic mass is 32.2. The lowest BCUT2D eigenvalue weighted by Crippen LogP contribution is -2.19. The number of nitrogens with zero attached hydrogens (tertiary/aromatic N) is 3. The number of primary sulfonamides is 1. The average molecular weight is 274 g/mol. The molecule has 8 heteroatoms. The van der Waals surface area contributed by atoms with Crippen LogP contribution in [0, 0.1) is 0 Å². The van der Waals surface area contributed by atoms with Crippen LogP contribution in [0.3, 0.4) is 0 Å². The Hall–Kier alpha value is -0.990. The van der Waals surface area contributed by atoms with Crippen molar-refractivity contribution in [3.63, 3.8) is 0 Å². The average Bonchev–Trinajstić information content (AvgIpc) is 3.04. The van der Waals surface area contributed by atoms with E-state index in [-0.39, 0.29) is 11.2 Å². The van der Waals surface area contributed by atoms with Crippen LogP contribution in [0.1, 0.15) is 38.1 Å². The fraction of sp³-hybridized carbons (Fsp3) is 0.800. The van der Waals surface area contributed by atoms with Crippen molar-refractivity contribution >= 4 is 10.0 Å². The van der Waals surface area contributed by atoms with E-state index in [2.05, 4.69) is 10.2 Å². The summed E-state index contributed by atoms with van der Waals surface area (Å²) in [6.07, 6.45) is 3.36. The standard InChI is InChI=1S/C10H18N4O3S/c1-2-17-7-3-4-9-12-13-10(18(11,15)16)14(9)8-5-6-8/h8H,2-7H2,1H3,(H2,11,15,16). The largest absolute Gasteiger partial charge is 0.382 e. The number of aryl methyl sites for hydroxylation is 1. The van der Waals surface area contributed by atoms with Gasteiger partial charge in [0.05, 0.1) is 0 Å². The van der Waals surface area contributed by atoms with Crippen LogP contribution in [0.5, 0.6) is 0 Å². The van der Waals surface area contributed by atoms with Gasteiger partial charge in [0.2, 0.25) is 0 Å². The second kappa shape index (κ2) is 5.33. The van der Waals surface area contributed by atoms with Crippen LogP contribution in [0.4, 0.5) is 0 Å². The molecule has 0 radical (unpaired) electrons. The van der Waals surface area contributed by atoms with Crippen molar-refractivity contribution in [2.75, 3.05) is 13.2 Å². The fourth-order valence-electron chi connectivity index (χ4n) is 1.85. The third-order valence-corrected chi connectivity index (χ3v) is 3.58. The molecule has 18 heavy (non-hydrogen) atoms. The Morgan fingerprint density at radius 3 is 2.72 bits per heavy atom. The highest BCUT2D eigenvalue weighted by molar-refractivity contribution is 7.89. The molecule has 1 fully saturated rings. The summed E-state index contributed by atoms with van der Waals surface area (Å²) in [6.45, 7) is 3.25. The lowest BCUT2D eigenvalue weighted by molar-refractivity contribution is 0.144. The van der Waals surface area contributed by atoms with Crippen LogP contribution in [0.25, 0.3) is 0 Å². The predicted molar refractivity (Wildman–Crippen MR) is 64.5 cm³/mol. The van der Waals surface area contributed by atoms with Gasteiger partial charge in [-0.15, -0.1) is 10.2 Å². The Labute approximate surface area is 106 Å². The molecule has 0 aliphatic heterocycles. The predicted octanol–water partition coefficient (Wildman–Crippen LogP) is 0.230. The van der Waals surface area contributed by atoms with Gasteiger partial charge in [0.25, 0.3) is 15.2 Å². The minimum Gasteiger partial charge on any atom is -0.382 e. The molecule has 2 N–H and O–H groups in total. The molecule has 1 aliphatic rings. The first-order chi connectivity index (χ1) is 8.54. The second-order valence-electron chi connectivity index (χ2n) is 4.35. The van der Waals surface area contributed by atoms with E-state index in [0.29, 0.717) is 25.5 Å². The highest BCUT2D eigenvalue weighted by Crippen LogP contribution is 2.37. The molecule has 0 unspecified atom stereocenters. The molecule has 1 heterocycles. The Morgan fingerprint density at radius 1 is 1.44 bits per heavy atom. The normalized spacial score (nSPS) is 16.1. The molecular formula is C10H18N4O3S. The maximum Gasteiger partial charge on any atom is 0.273 e. The number of ether oxygens (including phenoxy) is 1. The van der Waals surface area contributed by atoms with Gasteiger partial charge in [-0.2, -0.15) is 0 Å². The van der Waals surface area contributed by atoms with Gasteiger partial charge in [-0.05, 0) is 26.2 Å². The van der Waals surface area contributed by atoms with E-state index in [1.165, 1.54) is 0 Å². The van der Waals surface area contributed by atoms with Crippen molar-refractivity contribution in [1.29, 1.82) is 0 Å². The zero-order chi connectivity index (χ0) is 13.2. The van der Waals surface area contributed by atoms with E-state index in [0.717, 1.165) is 19.3 Å². The van der Waals surface area contributed by atoms with Gasteiger partial charge in [-0.3, -0.25) is 4.57 Å². The maximum atomic E-state index is 11.4. The number of nitrogens with two attached hydrogens (primary N) is 1. The number of hydrogen-bond donors (Lipinski definition) is 1. The van der Waals surface area contributed by atoms with Crippen molar-refractivity contribution in [3.05, 3.63) is 5.82 Å². The van der Waals surface area contributed by atoms with Crippen LogP contribution >= 0.6 is 0 Å². The lowest BCUT2D eigenvalue weighted by Gasteiger charge is -2.07. The molecule has 1 aromatic rings. The molecule has 102 valence electrons. The third kappa shape index (κ3) is 3.06. The summed E-state index contributed by atoms with van der Waals surface area (Å²) in [6, 6.07) is 0.190. The van der Waals surface area contributed by atoms with Crippen LogP contribution in [-0.4, -0.2) is 36.4 Å². The van der Waals surface area contributed by atoms with Crippen molar-refractivity contribution in [1.82, 2.24) is 14.8 Å². The van der Waals surface area contributed by atoms with Gasteiger partial charge < -0.3 is 4.74 Å². The first-order valence-electron chi connectivity index (χ1n) is 6.08. The molecule has 1 saturated carbocycles. The molecule has 0 aromatic carbocycles. The Balaban J connectivity index is 2.13. The molecule has 7 nitrogen and oxygen atoms in total. The summed E-state index contributed by atoms with van der Waals surface area (Å²) in [5.74, 6) is 0.682. The molecule has 0 spiro atoms. The van der Waals surface area contributed by atoms with E-state index >= 15 is 0 Å². The first kappa shape index (κ1) is 13.4. The van der Waals surface area contributed by atoms with Crippen molar-refractivity contribution in [2.45, 2.75) is 43.8 Å². The summed E-state index contributed by atoms with van der Waals surface area (Å²) < 4.78 is 29.7. The topological polar surface area (TPSA) is 100 Å². The molecule has 0 atom stereocenters. The van der Waals surface area contributed by atoms with Gasteiger partial charge in [-0.25, -0.2) is 13.6 Å². The van der Waals surface area contributed by atoms with Gasteiger partial charge in [0.15, 0.2) is 0 Å². The lowest BCUT2D eigenvalue weighted by atomic mass is 10.3. The highest BCUT2D eigenvalue weighted by Gasteiger charge is 2.32. The zero-order valence-electron chi connectivity index (χ0n) is 10.4. The number of aromatic nitrogens is 3. The van der Waals surface area contributed by atoms with Gasteiger partial charge in [-0.1, -0.05) is 0 Å². The van der Waals surface area contributed by atoms with E-state index in [1.54, 1.807) is 4.57 Å². The van der Waals surface area contributed by atoms with Gasteiger partial charge in [0, 0.05) is 25.7 Å².